The number of benzene rings is 1. The van der Waals surface area contributed by atoms with Crippen molar-refractivity contribution in [3.63, 3.8) is 0 Å². The molecule has 1 amide bonds. The van der Waals surface area contributed by atoms with E-state index in [0.29, 0.717) is 31.2 Å². The molecule has 0 unspecified atom stereocenters. The van der Waals surface area contributed by atoms with Crippen LogP contribution in [0.25, 0.3) is 0 Å². The molecule has 0 bridgehead atoms. The quantitative estimate of drug-likeness (QED) is 0.193. The number of aliphatic imine (C=N–C) groups is 1. The molecule has 3 N–H and O–H groups in total. The van der Waals surface area contributed by atoms with E-state index < -0.39 is 0 Å². The van der Waals surface area contributed by atoms with Crippen LogP contribution in [0.3, 0.4) is 0 Å². The SMILES string of the molecule is CCNC(=O)c1ccc(CN=C(NCC)NCCOCCC(C)C)cc1.I. The van der Waals surface area contributed by atoms with E-state index in [1.807, 2.05) is 38.1 Å². The molecule has 0 aromatic heterocycles. The average molecular weight is 490 g/mol. The van der Waals surface area contributed by atoms with E-state index in [4.69, 9.17) is 4.74 Å². The fourth-order valence-electron chi connectivity index (χ4n) is 2.20. The molecule has 27 heavy (non-hydrogen) atoms. The summed E-state index contributed by atoms with van der Waals surface area (Å²) in [6.45, 7) is 12.5. The Morgan fingerprint density at radius 3 is 2.30 bits per heavy atom. The van der Waals surface area contributed by atoms with Gasteiger partial charge in [-0.2, -0.15) is 0 Å². The Kier molecular flexibility index (Phi) is 14.9. The Morgan fingerprint density at radius 2 is 1.70 bits per heavy atom. The smallest absolute Gasteiger partial charge is 0.251 e. The van der Waals surface area contributed by atoms with E-state index in [9.17, 15) is 4.79 Å². The maximum atomic E-state index is 11.8. The van der Waals surface area contributed by atoms with Gasteiger partial charge in [0.1, 0.15) is 0 Å². The first-order chi connectivity index (χ1) is 12.6. The first kappa shape index (κ1) is 25.6. The van der Waals surface area contributed by atoms with Gasteiger partial charge < -0.3 is 20.7 Å². The predicted molar refractivity (Wildman–Crippen MR) is 123 cm³/mol. The predicted octanol–water partition coefficient (Wildman–Crippen LogP) is 3.17. The Hall–Kier alpha value is -1.35. The molecular weight excluding hydrogens is 455 g/mol. The van der Waals surface area contributed by atoms with Gasteiger partial charge in [-0.15, -0.1) is 24.0 Å². The fraction of sp³-hybridized carbons (Fsp3) is 0.600. The van der Waals surface area contributed by atoms with E-state index in [1.165, 1.54) is 0 Å². The van der Waals surface area contributed by atoms with Crippen LogP contribution in [-0.4, -0.2) is 44.7 Å². The van der Waals surface area contributed by atoms with Crippen molar-refractivity contribution in [2.45, 2.75) is 40.7 Å². The van der Waals surface area contributed by atoms with Crippen LogP contribution >= 0.6 is 24.0 Å². The van der Waals surface area contributed by atoms with Crippen molar-refractivity contribution in [3.8, 4) is 0 Å². The van der Waals surface area contributed by atoms with Gasteiger partial charge in [0.25, 0.3) is 5.91 Å². The number of hydrogen-bond donors (Lipinski definition) is 3. The number of ether oxygens (including phenoxy) is 1. The minimum absolute atomic E-state index is 0. The number of amides is 1. The molecule has 7 heteroatoms. The first-order valence-electron chi connectivity index (χ1n) is 9.53. The van der Waals surface area contributed by atoms with Gasteiger partial charge >= 0.3 is 0 Å². The van der Waals surface area contributed by atoms with Gasteiger partial charge in [-0.05, 0) is 43.9 Å². The second-order valence-electron chi connectivity index (χ2n) is 6.47. The minimum Gasteiger partial charge on any atom is -0.380 e. The van der Waals surface area contributed by atoms with E-state index in [0.717, 1.165) is 37.6 Å². The first-order valence-corrected chi connectivity index (χ1v) is 9.53. The lowest BCUT2D eigenvalue weighted by atomic mass is 10.1. The number of carbonyl (C=O) groups is 1. The molecule has 1 aromatic rings. The summed E-state index contributed by atoms with van der Waals surface area (Å²) in [5, 5.41) is 9.30. The molecule has 0 heterocycles. The molecule has 0 saturated heterocycles. The summed E-state index contributed by atoms with van der Waals surface area (Å²) in [4.78, 5) is 16.3. The molecule has 0 saturated carbocycles. The van der Waals surface area contributed by atoms with Crippen molar-refractivity contribution in [3.05, 3.63) is 35.4 Å². The molecule has 0 aliphatic rings. The Morgan fingerprint density at radius 1 is 1.04 bits per heavy atom. The second-order valence-corrected chi connectivity index (χ2v) is 6.47. The standard InChI is InChI=1S/C20H34N4O2.HI/c1-5-21-19(25)18-9-7-17(8-10-18)15-24-20(22-6-2)23-12-14-26-13-11-16(3)4;/h7-10,16H,5-6,11-15H2,1-4H3,(H,21,25)(H2,22,23,24);1H. The molecule has 1 rings (SSSR count). The zero-order valence-corrected chi connectivity index (χ0v) is 19.3. The molecule has 0 aliphatic carbocycles. The Labute approximate surface area is 181 Å². The maximum Gasteiger partial charge on any atom is 0.251 e. The molecule has 0 spiro atoms. The minimum atomic E-state index is -0.0463. The van der Waals surface area contributed by atoms with E-state index in [2.05, 4.69) is 34.8 Å². The van der Waals surface area contributed by atoms with Gasteiger partial charge in [-0.1, -0.05) is 26.0 Å². The lowest BCUT2D eigenvalue weighted by Crippen LogP contribution is -2.39. The highest BCUT2D eigenvalue weighted by atomic mass is 127. The highest BCUT2D eigenvalue weighted by molar-refractivity contribution is 14.0. The second kappa shape index (κ2) is 15.7. The number of nitrogens with one attached hydrogen (secondary N) is 3. The van der Waals surface area contributed by atoms with Crippen molar-refractivity contribution >= 4 is 35.8 Å². The molecular formula is C20H35IN4O2. The summed E-state index contributed by atoms with van der Waals surface area (Å²) in [6, 6.07) is 7.54. The summed E-state index contributed by atoms with van der Waals surface area (Å²) in [7, 11) is 0. The molecule has 0 fully saturated rings. The van der Waals surface area contributed by atoms with E-state index >= 15 is 0 Å². The van der Waals surface area contributed by atoms with Gasteiger partial charge in [0.05, 0.1) is 13.2 Å². The zero-order chi connectivity index (χ0) is 19.2. The lowest BCUT2D eigenvalue weighted by Gasteiger charge is -2.12. The molecule has 6 nitrogen and oxygen atoms in total. The molecule has 154 valence electrons. The van der Waals surface area contributed by atoms with Crippen molar-refractivity contribution in [1.29, 1.82) is 0 Å². The summed E-state index contributed by atoms with van der Waals surface area (Å²) in [5.41, 5.74) is 1.73. The topological polar surface area (TPSA) is 74.8 Å². The molecule has 0 aliphatic heterocycles. The normalized spacial score (nSPS) is 11.1. The van der Waals surface area contributed by atoms with Gasteiger partial charge in [-0.25, -0.2) is 4.99 Å². The number of nitrogens with zero attached hydrogens (tertiary/aromatic N) is 1. The van der Waals surface area contributed by atoms with Gasteiger partial charge in [-0.3, -0.25) is 4.79 Å². The van der Waals surface area contributed by atoms with Crippen molar-refractivity contribution < 1.29 is 9.53 Å². The van der Waals surface area contributed by atoms with Crippen LogP contribution in [0.5, 0.6) is 0 Å². The van der Waals surface area contributed by atoms with Crippen LogP contribution in [0.1, 0.15) is 50.0 Å². The third kappa shape index (κ3) is 11.9. The lowest BCUT2D eigenvalue weighted by molar-refractivity contribution is 0.0956. The highest BCUT2D eigenvalue weighted by Gasteiger charge is 2.03. The van der Waals surface area contributed by atoms with Crippen LogP contribution in [-0.2, 0) is 11.3 Å². The highest BCUT2D eigenvalue weighted by Crippen LogP contribution is 2.06. The third-order valence-electron chi connectivity index (χ3n) is 3.70. The Balaban J connectivity index is 0.00000676. The van der Waals surface area contributed by atoms with E-state index in [-0.39, 0.29) is 29.9 Å². The van der Waals surface area contributed by atoms with Crippen molar-refractivity contribution in [2.24, 2.45) is 10.9 Å². The number of rotatable bonds is 11. The van der Waals surface area contributed by atoms with Gasteiger partial charge in [0.2, 0.25) is 0 Å². The Bertz CT molecular complexity index is 547. The van der Waals surface area contributed by atoms with Crippen LogP contribution in [0, 0.1) is 5.92 Å². The molecule has 0 atom stereocenters. The average Bonchev–Trinajstić information content (AvgIpc) is 2.62. The summed E-state index contributed by atoms with van der Waals surface area (Å²) >= 11 is 0. The number of carbonyl (C=O) groups excluding carboxylic acids is 1. The van der Waals surface area contributed by atoms with Gasteiger partial charge in [0, 0.05) is 31.8 Å². The number of hydrogen-bond acceptors (Lipinski definition) is 3. The monoisotopic (exact) mass is 490 g/mol. The summed E-state index contributed by atoms with van der Waals surface area (Å²) in [5.74, 6) is 1.39. The zero-order valence-electron chi connectivity index (χ0n) is 17.0. The van der Waals surface area contributed by atoms with Gasteiger partial charge in [0.15, 0.2) is 5.96 Å². The summed E-state index contributed by atoms with van der Waals surface area (Å²) < 4.78 is 5.61. The van der Waals surface area contributed by atoms with Crippen LogP contribution in [0.15, 0.2) is 29.3 Å². The van der Waals surface area contributed by atoms with Crippen molar-refractivity contribution in [1.82, 2.24) is 16.0 Å². The third-order valence-corrected chi connectivity index (χ3v) is 3.70. The van der Waals surface area contributed by atoms with Crippen LogP contribution in [0.4, 0.5) is 0 Å². The van der Waals surface area contributed by atoms with Crippen molar-refractivity contribution in [2.75, 3.05) is 32.8 Å². The molecule has 1 aromatic carbocycles. The largest absolute Gasteiger partial charge is 0.380 e. The van der Waals surface area contributed by atoms with E-state index in [1.54, 1.807) is 0 Å². The van der Waals surface area contributed by atoms with Crippen LogP contribution in [0.2, 0.25) is 0 Å². The molecule has 0 radical (unpaired) electrons. The fourth-order valence-corrected chi connectivity index (χ4v) is 2.20. The maximum absolute atomic E-state index is 11.8. The summed E-state index contributed by atoms with van der Waals surface area (Å²) in [6.07, 6.45) is 1.08. The van der Waals surface area contributed by atoms with Crippen LogP contribution < -0.4 is 16.0 Å². The number of halogens is 1. The number of guanidine groups is 1.